The first-order valence-corrected chi connectivity index (χ1v) is 8.12. The van der Waals surface area contributed by atoms with Gasteiger partial charge in [-0.3, -0.25) is 4.98 Å². The van der Waals surface area contributed by atoms with Crippen LogP contribution in [0.1, 0.15) is 25.7 Å². The van der Waals surface area contributed by atoms with Crippen molar-refractivity contribution in [3.63, 3.8) is 0 Å². The molecule has 0 radical (unpaired) electrons. The Morgan fingerprint density at radius 1 is 1.16 bits per heavy atom. The summed E-state index contributed by atoms with van der Waals surface area (Å²) in [5.41, 5.74) is 0. The van der Waals surface area contributed by atoms with Gasteiger partial charge >= 0.3 is 0 Å². The number of nitrogens with zero attached hydrogens (tertiary/aromatic N) is 2. The van der Waals surface area contributed by atoms with E-state index >= 15 is 0 Å². The van der Waals surface area contributed by atoms with Gasteiger partial charge in [0.2, 0.25) is 10.0 Å². The van der Waals surface area contributed by atoms with E-state index < -0.39 is 15.8 Å². The standard InChI is InChI=1S/C13H17FN2O2S/c14-12-5-13(7-15-6-12)19(17,18)16-8-10-3-1-2-4-11(10)9-16/h5-7,10-11H,1-4,8-9H2/t10-,11-/m0/s1. The van der Waals surface area contributed by atoms with E-state index in [4.69, 9.17) is 0 Å². The third-order valence-electron chi connectivity index (χ3n) is 4.26. The van der Waals surface area contributed by atoms with Gasteiger partial charge in [0.1, 0.15) is 10.7 Å². The van der Waals surface area contributed by atoms with E-state index in [9.17, 15) is 12.8 Å². The van der Waals surface area contributed by atoms with Gasteiger partial charge in [0.05, 0.1) is 6.20 Å². The van der Waals surface area contributed by atoms with Crippen molar-refractivity contribution in [2.75, 3.05) is 13.1 Å². The number of aromatic nitrogens is 1. The number of halogens is 1. The molecule has 1 saturated heterocycles. The van der Waals surface area contributed by atoms with Crippen LogP contribution < -0.4 is 0 Å². The first-order chi connectivity index (χ1) is 9.07. The summed E-state index contributed by atoms with van der Waals surface area (Å²) in [5.74, 6) is 0.341. The molecule has 0 unspecified atom stereocenters. The van der Waals surface area contributed by atoms with Gasteiger partial charge < -0.3 is 0 Å². The van der Waals surface area contributed by atoms with Crippen LogP contribution in [0.2, 0.25) is 0 Å². The molecule has 3 rings (SSSR count). The van der Waals surface area contributed by atoms with E-state index in [1.807, 2.05) is 0 Å². The minimum atomic E-state index is -3.59. The number of hydrogen-bond acceptors (Lipinski definition) is 3. The Hall–Kier alpha value is -1.01. The molecule has 2 aliphatic rings. The molecule has 1 saturated carbocycles. The number of rotatable bonds is 2. The smallest absolute Gasteiger partial charge is 0.244 e. The Kier molecular flexibility index (Phi) is 3.30. The molecule has 19 heavy (non-hydrogen) atoms. The van der Waals surface area contributed by atoms with Crippen LogP contribution in [-0.2, 0) is 10.0 Å². The highest BCUT2D eigenvalue weighted by atomic mass is 32.2. The van der Waals surface area contributed by atoms with Crippen LogP contribution >= 0.6 is 0 Å². The zero-order chi connectivity index (χ0) is 13.5. The maximum Gasteiger partial charge on any atom is 0.244 e. The van der Waals surface area contributed by atoms with Crippen LogP contribution in [0.4, 0.5) is 4.39 Å². The molecule has 1 aromatic rings. The largest absolute Gasteiger partial charge is 0.260 e. The van der Waals surface area contributed by atoms with E-state index in [2.05, 4.69) is 4.98 Å². The first-order valence-electron chi connectivity index (χ1n) is 6.68. The average Bonchev–Trinajstić information content (AvgIpc) is 2.83. The maximum atomic E-state index is 13.1. The van der Waals surface area contributed by atoms with Crippen molar-refractivity contribution in [2.45, 2.75) is 30.6 Å². The third kappa shape index (κ3) is 2.39. The van der Waals surface area contributed by atoms with Crippen LogP contribution in [0.5, 0.6) is 0 Å². The van der Waals surface area contributed by atoms with Gasteiger partial charge in [-0.05, 0) is 30.7 Å². The summed E-state index contributed by atoms with van der Waals surface area (Å²) < 4.78 is 39.5. The Morgan fingerprint density at radius 2 is 1.79 bits per heavy atom. The highest BCUT2D eigenvalue weighted by Gasteiger charge is 2.40. The lowest BCUT2D eigenvalue weighted by Gasteiger charge is -2.22. The van der Waals surface area contributed by atoms with Crippen LogP contribution in [0, 0.1) is 17.7 Å². The van der Waals surface area contributed by atoms with Gasteiger partial charge in [-0.25, -0.2) is 12.8 Å². The lowest BCUT2D eigenvalue weighted by Crippen LogP contribution is -2.29. The predicted molar refractivity (Wildman–Crippen MR) is 68.4 cm³/mol. The highest BCUT2D eigenvalue weighted by molar-refractivity contribution is 7.89. The molecular weight excluding hydrogens is 267 g/mol. The van der Waals surface area contributed by atoms with Crippen molar-refractivity contribution in [3.8, 4) is 0 Å². The molecule has 0 N–H and O–H groups in total. The normalized spacial score (nSPS) is 28.3. The van der Waals surface area contributed by atoms with Crippen LogP contribution in [-0.4, -0.2) is 30.8 Å². The Balaban J connectivity index is 1.85. The zero-order valence-corrected chi connectivity index (χ0v) is 11.4. The molecule has 0 bridgehead atoms. The van der Waals surface area contributed by atoms with Gasteiger partial charge in [-0.2, -0.15) is 4.31 Å². The molecule has 1 aliphatic carbocycles. The summed E-state index contributed by atoms with van der Waals surface area (Å²) in [6.07, 6.45) is 6.84. The fourth-order valence-electron chi connectivity index (χ4n) is 3.24. The molecule has 2 atom stereocenters. The molecule has 1 aliphatic heterocycles. The zero-order valence-electron chi connectivity index (χ0n) is 10.6. The quantitative estimate of drug-likeness (QED) is 0.835. The number of sulfonamides is 1. The van der Waals surface area contributed by atoms with Crippen molar-refractivity contribution in [1.82, 2.24) is 9.29 Å². The lowest BCUT2D eigenvalue weighted by atomic mass is 9.82. The molecule has 1 aromatic heterocycles. The molecule has 4 nitrogen and oxygen atoms in total. The molecule has 2 fully saturated rings. The Labute approximate surface area is 112 Å². The van der Waals surface area contributed by atoms with Crippen molar-refractivity contribution in [1.29, 1.82) is 0 Å². The maximum absolute atomic E-state index is 13.1. The van der Waals surface area contributed by atoms with Gasteiger partial charge in [0, 0.05) is 19.3 Å². The second-order valence-corrected chi connectivity index (χ2v) is 7.40. The summed E-state index contributed by atoms with van der Waals surface area (Å²) in [4.78, 5) is 3.60. The second-order valence-electron chi connectivity index (χ2n) is 5.47. The van der Waals surface area contributed by atoms with Gasteiger partial charge in [0.25, 0.3) is 0 Å². The first kappa shape index (κ1) is 13.0. The minimum Gasteiger partial charge on any atom is -0.260 e. The summed E-state index contributed by atoms with van der Waals surface area (Å²) in [6.45, 7) is 1.15. The number of hydrogen-bond donors (Lipinski definition) is 0. The summed E-state index contributed by atoms with van der Waals surface area (Å²) in [6, 6.07) is 1.05. The third-order valence-corrected chi connectivity index (χ3v) is 6.06. The SMILES string of the molecule is O=S(=O)(c1cncc(F)c1)N1C[C@@H]2CCCC[C@H]2C1. The molecule has 2 heterocycles. The van der Waals surface area contributed by atoms with E-state index in [1.54, 1.807) is 0 Å². The van der Waals surface area contributed by atoms with Crippen LogP contribution in [0.25, 0.3) is 0 Å². The summed E-state index contributed by atoms with van der Waals surface area (Å²) >= 11 is 0. The van der Waals surface area contributed by atoms with Gasteiger partial charge in [-0.1, -0.05) is 12.8 Å². The minimum absolute atomic E-state index is 0.0360. The number of pyridine rings is 1. The van der Waals surface area contributed by atoms with Crippen molar-refractivity contribution < 1.29 is 12.8 Å². The van der Waals surface area contributed by atoms with E-state index in [0.717, 1.165) is 25.1 Å². The highest BCUT2D eigenvalue weighted by Crippen LogP contribution is 2.38. The molecular formula is C13H17FN2O2S. The fraction of sp³-hybridized carbons (Fsp3) is 0.615. The lowest BCUT2D eigenvalue weighted by molar-refractivity contribution is 0.299. The monoisotopic (exact) mass is 284 g/mol. The van der Waals surface area contributed by atoms with E-state index in [0.29, 0.717) is 24.9 Å². The van der Waals surface area contributed by atoms with Crippen molar-refractivity contribution >= 4 is 10.0 Å². The molecule has 6 heteroatoms. The predicted octanol–water partition coefficient (Wildman–Crippen LogP) is 2.03. The average molecular weight is 284 g/mol. The van der Waals surface area contributed by atoms with E-state index in [1.165, 1.54) is 23.3 Å². The fourth-order valence-corrected chi connectivity index (χ4v) is 4.77. The second kappa shape index (κ2) is 4.83. The molecule has 0 aromatic carbocycles. The Bertz CT molecular complexity index is 562. The van der Waals surface area contributed by atoms with Crippen LogP contribution in [0.15, 0.2) is 23.4 Å². The summed E-state index contributed by atoms with van der Waals surface area (Å²) in [5, 5.41) is 0. The van der Waals surface area contributed by atoms with Gasteiger partial charge in [0.15, 0.2) is 0 Å². The molecule has 104 valence electrons. The van der Waals surface area contributed by atoms with Crippen molar-refractivity contribution in [3.05, 3.63) is 24.3 Å². The topological polar surface area (TPSA) is 50.3 Å². The van der Waals surface area contributed by atoms with Crippen LogP contribution in [0.3, 0.4) is 0 Å². The van der Waals surface area contributed by atoms with E-state index in [-0.39, 0.29) is 4.90 Å². The number of fused-ring (bicyclic) bond motifs is 1. The molecule has 0 amide bonds. The summed E-state index contributed by atoms with van der Waals surface area (Å²) in [7, 11) is -3.59. The molecule has 0 spiro atoms. The Morgan fingerprint density at radius 3 is 2.37 bits per heavy atom. The van der Waals surface area contributed by atoms with Crippen molar-refractivity contribution in [2.24, 2.45) is 11.8 Å². The van der Waals surface area contributed by atoms with Gasteiger partial charge in [-0.15, -0.1) is 0 Å².